The highest BCUT2D eigenvalue weighted by molar-refractivity contribution is 7.88. The van der Waals surface area contributed by atoms with Crippen LogP contribution in [0.5, 0.6) is 0 Å². The van der Waals surface area contributed by atoms with Gasteiger partial charge in [-0.1, -0.05) is 0 Å². The van der Waals surface area contributed by atoms with Gasteiger partial charge in [0.1, 0.15) is 11.4 Å². The van der Waals surface area contributed by atoms with Gasteiger partial charge in [0.05, 0.1) is 12.5 Å². The van der Waals surface area contributed by atoms with Crippen LogP contribution >= 0.6 is 0 Å². The van der Waals surface area contributed by atoms with E-state index in [4.69, 9.17) is 0 Å². The molecule has 1 amide bonds. The number of carbonyl (C=O) groups is 1. The lowest BCUT2D eigenvalue weighted by molar-refractivity contribution is 0.102. The number of nitrogens with one attached hydrogen (secondary N) is 1. The third-order valence-corrected chi connectivity index (χ3v) is 6.32. The van der Waals surface area contributed by atoms with Crippen LogP contribution in [0, 0.1) is 5.92 Å². The van der Waals surface area contributed by atoms with Crippen molar-refractivity contribution < 1.29 is 13.2 Å². The van der Waals surface area contributed by atoms with E-state index in [1.165, 1.54) is 29.2 Å². The second kappa shape index (κ2) is 6.54. The topological polar surface area (TPSA) is 114 Å². The number of anilines is 1. The monoisotopic (exact) mass is 389 g/mol. The van der Waals surface area contributed by atoms with Gasteiger partial charge < -0.3 is 9.88 Å². The molecule has 0 unspecified atom stereocenters. The number of piperidine rings is 1. The fourth-order valence-corrected chi connectivity index (χ4v) is 4.80. The van der Waals surface area contributed by atoms with Crippen LogP contribution in [0.4, 0.5) is 5.69 Å². The Balaban J connectivity index is 1.63. The molecule has 2 aromatic heterocycles. The molecule has 2 bridgehead atoms. The van der Waals surface area contributed by atoms with E-state index in [9.17, 15) is 18.0 Å². The number of sulfonamides is 1. The molecule has 1 saturated heterocycles. The summed E-state index contributed by atoms with van der Waals surface area (Å²) in [6.07, 6.45) is 6.27. The van der Waals surface area contributed by atoms with Gasteiger partial charge >= 0.3 is 0 Å². The molecule has 2 aromatic rings. The van der Waals surface area contributed by atoms with Gasteiger partial charge in [0, 0.05) is 43.6 Å². The van der Waals surface area contributed by atoms with Crippen LogP contribution in [-0.4, -0.2) is 52.5 Å². The van der Waals surface area contributed by atoms with Gasteiger partial charge in [0.2, 0.25) is 10.0 Å². The van der Waals surface area contributed by atoms with Gasteiger partial charge in [-0.2, -0.15) is 0 Å². The van der Waals surface area contributed by atoms with E-state index in [0.717, 1.165) is 12.1 Å². The van der Waals surface area contributed by atoms with Crippen molar-refractivity contribution in [1.82, 2.24) is 18.8 Å². The first kappa shape index (κ1) is 17.8. The first-order valence-corrected chi connectivity index (χ1v) is 10.4. The summed E-state index contributed by atoms with van der Waals surface area (Å²) in [4.78, 5) is 32.9. The van der Waals surface area contributed by atoms with Crippen LogP contribution in [0.2, 0.25) is 0 Å². The van der Waals surface area contributed by atoms with E-state index < -0.39 is 15.9 Å². The number of carbonyl (C=O) groups excluding carboxylic acids is 1. The Hall–Kier alpha value is -2.59. The second-order valence-corrected chi connectivity index (χ2v) is 8.99. The summed E-state index contributed by atoms with van der Waals surface area (Å²) in [6, 6.07) is 3.36. The maximum absolute atomic E-state index is 12.9. The molecule has 0 spiro atoms. The normalized spacial score (nSPS) is 22.1. The Kier molecular flexibility index (Phi) is 4.31. The van der Waals surface area contributed by atoms with Gasteiger partial charge in [-0.05, 0) is 24.5 Å². The number of nitrogens with zero attached hydrogens (tertiary/aromatic N) is 4. The predicted octanol–water partition coefficient (Wildman–Crippen LogP) is 0.269. The standard InChI is InChI=1S/C17H19N5O4S/c1-27(25,26)21-8-11-6-12(10-21)15-3-2-13(17(24)22(15)9-11)20-16(23)14-7-18-4-5-19-14/h2-5,7,11-12H,6,8-10H2,1H3,(H,20,23)/t11-,12-/m1/s1. The molecule has 4 rings (SSSR count). The molecular formula is C17H19N5O4S. The summed E-state index contributed by atoms with van der Waals surface area (Å²) in [5, 5.41) is 2.59. The lowest BCUT2D eigenvalue weighted by Crippen LogP contribution is -2.49. The molecule has 2 atom stereocenters. The average Bonchev–Trinajstić information content (AvgIpc) is 2.64. The lowest BCUT2D eigenvalue weighted by atomic mass is 9.84. The van der Waals surface area contributed by atoms with Crippen molar-refractivity contribution in [3.63, 3.8) is 0 Å². The van der Waals surface area contributed by atoms with Crippen LogP contribution in [0.25, 0.3) is 0 Å². The largest absolute Gasteiger partial charge is 0.316 e. The van der Waals surface area contributed by atoms with E-state index in [1.54, 1.807) is 16.7 Å². The summed E-state index contributed by atoms with van der Waals surface area (Å²) in [6.45, 7) is 1.23. The molecule has 142 valence electrons. The van der Waals surface area contributed by atoms with Crippen molar-refractivity contribution in [1.29, 1.82) is 0 Å². The SMILES string of the molecule is CS(=O)(=O)N1C[C@H]2C[C@H](C1)c1ccc(NC(=O)c3cnccn3)c(=O)n1C2. The van der Waals surface area contributed by atoms with Gasteiger partial charge in [-0.3, -0.25) is 14.6 Å². The summed E-state index contributed by atoms with van der Waals surface area (Å²) in [7, 11) is -3.26. The van der Waals surface area contributed by atoms with Gasteiger partial charge in [-0.15, -0.1) is 0 Å². The molecule has 0 radical (unpaired) electrons. The highest BCUT2D eigenvalue weighted by atomic mass is 32.2. The van der Waals surface area contributed by atoms with E-state index in [0.29, 0.717) is 19.6 Å². The molecule has 0 aliphatic carbocycles. The van der Waals surface area contributed by atoms with Crippen molar-refractivity contribution in [2.24, 2.45) is 5.92 Å². The molecule has 9 nitrogen and oxygen atoms in total. The highest BCUT2D eigenvalue weighted by Gasteiger charge is 2.37. The van der Waals surface area contributed by atoms with Crippen LogP contribution in [-0.2, 0) is 16.6 Å². The van der Waals surface area contributed by atoms with Crippen molar-refractivity contribution >= 4 is 21.6 Å². The maximum Gasteiger partial charge on any atom is 0.276 e. The van der Waals surface area contributed by atoms with E-state index in [2.05, 4.69) is 15.3 Å². The average molecular weight is 389 g/mol. The van der Waals surface area contributed by atoms with E-state index in [1.807, 2.05) is 0 Å². The molecule has 2 aliphatic heterocycles. The lowest BCUT2D eigenvalue weighted by Gasteiger charge is -2.41. The van der Waals surface area contributed by atoms with Gasteiger partial charge in [0.25, 0.3) is 11.5 Å². The minimum absolute atomic E-state index is 0.0235. The molecule has 1 N–H and O–H groups in total. The summed E-state index contributed by atoms with van der Waals surface area (Å²) < 4.78 is 27.0. The van der Waals surface area contributed by atoms with E-state index >= 15 is 0 Å². The van der Waals surface area contributed by atoms with Crippen molar-refractivity contribution in [3.8, 4) is 0 Å². The predicted molar refractivity (Wildman–Crippen MR) is 98.0 cm³/mol. The Bertz CT molecular complexity index is 1050. The molecule has 0 saturated carbocycles. The summed E-state index contributed by atoms with van der Waals surface area (Å²) in [5.74, 6) is -0.445. The first-order valence-electron chi connectivity index (χ1n) is 8.59. The molecule has 10 heteroatoms. The van der Waals surface area contributed by atoms with Crippen LogP contribution < -0.4 is 10.9 Å². The molecule has 2 aliphatic rings. The molecule has 1 fully saturated rings. The van der Waals surface area contributed by atoms with Crippen LogP contribution in [0.3, 0.4) is 0 Å². The smallest absolute Gasteiger partial charge is 0.276 e. The number of aromatic nitrogens is 3. The van der Waals surface area contributed by atoms with Crippen molar-refractivity contribution in [3.05, 3.63) is 52.5 Å². The summed E-state index contributed by atoms with van der Waals surface area (Å²) in [5.41, 5.74) is 0.823. The molecular weight excluding hydrogens is 370 g/mol. The third kappa shape index (κ3) is 3.37. The first-order chi connectivity index (χ1) is 12.8. The number of hydrogen-bond acceptors (Lipinski definition) is 6. The quantitative estimate of drug-likeness (QED) is 0.806. The van der Waals surface area contributed by atoms with Gasteiger partial charge in [0.15, 0.2) is 0 Å². The molecule has 27 heavy (non-hydrogen) atoms. The number of hydrogen-bond donors (Lipinski definition) is 1. The third-order valence-electron chi connectivity index (χ3n) is 5.08. The Morgan fingerprint density at radius 2 is 2.04 bits per heavy atom. The Morgan fingerprint density at radius 3 is 2.74 bits per heavy atom. The van der Waals surface area contributed by atoms with Crippen LogP contribution in [0.1, 0.15) is 28.5 Å². The minimum Gasteiger partial charge on any atom is -0.316 e. The van der Waals surface area contributed by atoms with Crippen LogP contribution in [0.15, 0.2) is 35.5 Å². The highest BCUT2D eigenvalue weighted by Crippen LogP contribution is 2.36. The number of rotatable bonds is 3. The second-order valence-electron chi connectivity index (χ2n) is 7.01. The summed E-state index contributed by atoms with van der Waals surface area (Å²) >= 11 is 0. The molecule has 4 heterocycles. The maximum atomic E-state index is 12.9. The Morgan fingerprint density at radius 1 is 1.22 bits per heavy atom. The Labute approximate surface area is 156 Å². The van der Waals surface area contributed by atoms with Crippen molar-refractivity contribution in [2.45, 2.75) is 18.9 Å². The fraction of sp³-hybridized carbons (Fsp3) is 0.412. The minimum atomic E-state index is -3.26. The number of amides is 1. The number of pyridine rings is 1. The zero-order valence-corrected chi connectivity index (χ0v) is 15.5. The number of fused-ring (bicyclic) bond motifs is 4. The molecule has 0 aromatic carbocycles. The zero-order chi connectivity index (χ0) is 19.2. The van der Waals surface area contributed by atoms with E-state index in [-0.39, 0.29) is 28.8 Å². The van der Waals surface area contributed by atoms with Crippen molar-refractivity contribution in [2.75, 3.05) is 24.7 Å². The fourth-order valence-electron chi connectivity index (χ4n) is 3.87. The van der Waals surface area contributed by atoms with Gasteiger partial charge in [-0.25, -0.2) is 17.7 Å². The zero-order valence-electron chi connectivity index (χ0n) is 14.7.